The van der Waals surface area contributed by atoms with Gasteiger partial charge >= 0.3 is 0 Å². The molecule has 2 heterocycles. The molecule has 0 unspecified atom stereocenters. The van der Waals surface area contributed by atoms with Crippen LogP contribution in [-0.2, 0) is 17.8 Å². The standard InChI is InChI=1S/C27H26N4O4/c1-18-7-2-3-8-20(18)27(33)28-14-6-11-25-30-21-9-4-5-10-22(21)31(25)16-26(32)29-19-12-13-23-24(15-19)35-17-34-23/h2-5,7-10,12-13,15H,6,11,14,16-17H2,1H3,(H,28,33)(H,29,32). The molecule has 0 spiro atoms. The molecule has 0 aliphatic carbocycles. The number of amides is 2. The Morgan fingerprint density at radius 3 is 2.69 bits per heavy atom. The van der Waals surface area contributed by atoms with Gasteiger partial charge in [0.15, 0.2) is 11.5 Å². The zero-order valence-corrected chi connectivity index (χ0v) is 19.4. The van der Waals surface area contributed by atoms with Crippen LogP contribution in [0.3, 0.4) is 0 Å². The van der Waals surface area contributed by atoms with Gasteiger partial charge in [0.1, 0.15) is 12.4 Å². The first-order chi connectivity index (χ1) is 17.1. The Balaban J connectivity index is 1.24. The normalized spacial score (nSPS) is 12.0. The smallest absolute Gasteiger partial charge is 0.251 e. The Morgan fingerprint density at radius 1 is 1.00 bits per heavy atom. The van der Waals surface area contributed by atoms with E-state index in [0.29, 0.717) is 42.1 Å². The van der Waals surface area contributed by atoms with Crippen molar-refractivity contribution in [2.24, 2.45) is 0 Å². The number of para-hydroxylation sites is 2. The molecule has 0 fully saturated rings. The van der Waals surface area contributed by atoms with Crippen molar-refractivity contribution in [3.63, 3.8) is 0 Å². The second kappa shape index (κ2) is 9.89. The highest BCUT2D eigenvalue weighted by atomic mass is 16.7. The van der Waals surface area contributed by atoms with E-state index < -0.39 is 0 Å². The maximum Gasteiger partial charge on any atom is 0.251 e. The lowest BCUT2D eigenvalue weighted by Crippen LogP contribution is -2.26. The molecule has 8 nitrogen and oxygen atoms in total. The first-order valence-corrected chi connectivity index (χ1v) is 11.6. The molecule has 8 heteroatoms. The monoisotopic (exact) mass is 470 g/mol. The molecule has 4 aromatic rings. The molecule has 0 saturated heterocycles. The minimum absolute atomic E-state index is 0.0836. The number of rotatable bonds is 8. The lowest BCUT2D eigenvalue weighted by atomic mass is 10.1. The van der Waals surface area contributed by atoms with Crippen molar-refractivity contribution < 1.29 is 19.1 Å². The third-order valence-corrected chi connectivity index (χ3v) is 5.94. The van der Waals surface area contributed by atoms with Crippen molar-refractivity contribution in [2.45, 2.75) is 26.3 Å². The predicted molar refractivity (Wildman–Crippen MR) is 133 cm³/mol. The molecule has 2 N–H and O–H groups in total. The van der Waals surface area contributed by atoms with Crippen LogP contribution in [0.15, 0.2) is 66.7 Å². The van der Waals surface area contributed by atoms with E-state index in [0.717, 1.165) is 22.4 Å². The fourth-order valence-electron chi connectivity index (χ4n) is 4.18. The van der Waals surface area contributed by atoms with Crippen LogP contribution in [-0.4, -0.2) is 34.7 Å². The number of carbonyl (C=O) groups excluding carboxylic acids is 2. The number of imidazole rings is 1. The average Bonchev–Trinajstić information content (AvgIpc) is 3.46. The largest absolute Gasteiger partial charge is 0.454 e. The van der Waals surface area contributed by atoms with E-state index in [-0.39, 0.29) is 25.2 Å². The molecular formula is C27H26N4O4. The van der Waals surface area contributed by atoms with Crippen LogP contribution in [0.1, 0.15) is 28.2 Å². The molecular weight excluding hydrogens is 444 g/mol. The molecule has 35 heavy (non-hydrogen) atoms. The molecule has 3 aromatic carbocycles. The Kier molecular flexibility index (Phi) is 6.34. The van der Waals surface area contributed by atoms with Crippen LogP contribution in [0, 0.1) is 6.92 Å². The Bertz CT molecular complexity index is 1400. The van der Waals surface area contributed by atoms with Gasteiger partial charge in [-0.1, -0.05) is 30.3 Å². The van der Waals surface area contributed by atoms with Crippen LogP contribution in [0.25, 0.3) is 11.0 Å². The summed E-state index contributed by atoms with van der Waals surface area (Å²) in [4.78, 5) is 30.1. The van der Waals surface area contributed by atoms with Gasteiger partial charge in [0.2, 0.25) is 12.7 Å². The maximum absolute atomic E-state index is 12.9. The van der Waals surface area contributed by atoms with E-state index in [1.165, 1.54) is 0 Å². The fraction of sp³-hybridized carbons (Fsp3) is 0.222. The SMILES string of the molecule is Cc1ccccc1C(=O)NCCCc1nc2ccccc2n1CC(=O)Nc1ccc2c(c1)OCO2. The number of anilines is 1. The highest BCUT2D eigenvalue weighted by molar-refractivity contribution is 5.95. The summed E-state index contributed by atoms with van der Waals surface area (Å²) >= 11 is 0. The van der Waals surface area contributed by atoms with Gasteiger partial charge in [-0.05, 0) is 49.2 Å². The van der Waals surface area contributed by atoms with E-state index in [1.54, 1.807) is 18.2 Å². The van der Waals surface area contributed by atoms with Crippen LogP contribution in [0.2, 0.25) is 0 Å². The third-order valence-electron chi connectivity index (χ3n) is 5.94. The van der Waals surface area contributed by atoms with Crippen molar-refractivity contribution in [1.82, 2.24) is 14.9 Å². The number of hydrogen-bond donors (Lipinski definition) is 2. The molecule has 178 valence electrons. The highest BCUT2D eigenvalue weighted by Crippen LogP contribution is 2.34. The fourth-order valence-corrected chi connectivity index (χ4v) is 4.18. The number of benzene rings is 3. The molecule has 2 amide bonds. The van der Waals surface area contributed by atoms with E-state index in [1.807, 2.05) is 60.0 Å². The Morgan fingerprint density at radius 2 is 1.80 bits per heavy atom. The molecule has 0 atom stereocenters. The van der Waals surface area contributed by atoms with Gasteiger partial charge in [-0.2, -0.15) is 0 Å². The van der Waals surface area contributed by atoms with Crippen LogP contribution in [0.5, 0.6) is 11.5 Å². The summed E-state index contributed by atoms with van der Waals surface area (Å²) < 4.78 is 12.6. The van der Waals surface area contributed by atoms with Crippen LogP contribution < -0.4 is 20.1 Å². The van der Waals surface area contributed by atoms with Gasteiger partial charge in [0, 0.05) is 30.3 Å². The summed E-state index contributed by atoms with van der Waals surface area (Å²) in [6, 6.07) is 20.6. The number of carbonyl (C=O) groups is 2. The summed E-state index contributed by atoms with van der Waals surface area (Å²) in [5.74, 6) is 1.84. The zero-order chi connectivity index (χ0) is 24.2. The number of hydrogen-bond acceptors (Lipinski definition) is 5. The first-order valence-electron chi connectivity index (χ1n) is 11.6. The lowest BCUT2D eigenvalue weighted by Gasteiger charge is -2.11. The maximum atomic E-state index is 12.9. The number of aromatic nitrogens is 2. The van der Waals surface area contributed by atoms with Crippen molar-refractivity contribution in [1.29, 1.82) is 0 Å². The third kappa shape index (κ3) is 4.96. The molecule has 0 saturated carbocycles. The number of fused-ring (bicyclic) bond motifs is 2. The van der Waals surface area contributed by atoms with Gasteiger partial charge < -0.3 is 24.7 Å². The van der Waals surface area contributed by atoms with Gasteiger partial charge in [0.25, 0.3) is 5.91 Å². The summed E-state index contributed by atoms with van der Waals surface area (Å²) in [5, 5.41) is 5.91. The van der Waals surface area contributed by atoms with Gasteiger partial charge in [-0.3, -0.25) is 9.59 Å². The zero-order valence-electron chi connectivity index (χ0n) is 19.4. The summed E-state index contributed by atoms with van der Waals surface area (Å²) in [5.41, 5.74) is 4.00. The molecule has 0 bridgehead atoms. The molecule has 1 aliphatic rings. The van der Waals surface area contributed by atoms with E-state index >= 15 is 0 Å². The second-order valence-electron chi connectivity index (χ2n) is 8.39. The van der Waals surface area contributed by atoms with E-state index in [4.69, 9.17) is 14.5 Å². The topological polar surface area (TPSA) is 94.5 Å². The molecule has 5 rings (SSSR count). The van der Waals surface area contributed by atoms with Crippen molar-refractivity contribution >= 4 is 28.5 Å². The first kappa shape index (κ1) is 22.5. The minimum Gasteiger partial charge on any atom is -0.454 e. The number of nitrogens with one attached hydrogen (secondary N) is 2. The summed E-state index contributed by atoms with van der Waals surface area (Å²) in [6.07, 6.45) is 1.32. The van der Waals surface area contributed by atoms with Crippen molar-refractivity contribution in [3.05, 3.63) is 83.7 Å². The lowest BCUT2D eigenvalue weighted by molar-refractivity contribution is -0.116. The average molecular weight is 471 g/mol. The van der Waals surface area contributed by atoms with E-state index in [9.17, 15) is 9.59 Å². The van der Waals surface area contributed by atoms with Gasteiger partial charge in [-0.15, -0.1) is 0 Å². The summed E-state index contributed by atoms with van der Waals surface area (Å²) in [6.45, 7) is 2.74. The van der Waals surface area contributed by atoms with Gasteiger partial charge in [0.05, 0.1) is 11.0 Å². The van der Waals surface area contributed by atoms with Crippen LogP contribution in [0.4, 0.5) is 5.69 Å². The quantitative estimate of drug-likeness (QED) is 0.379. The van der Waals surface area contributed by atoms with Crippen molar-refractivity contribution in [2.75, 3.05) is 18.7 Å². The molecule has 1 aromatic heterocycles. The highest BCUT2D eigenvalue weighted by Gasteiger charge is 2.17. The van der Waals surface area contributed by atoms with E-state index in [2.05, 4.69) is 10.6 Å². The number of ether oxygens (including phenoxy) is 2. The second-order valence-corrected chi connectivity index (χ2v) is 8.39. The minimum atomic E-state index is -0.166. The predicted octanol–water partition coefficient (Wildman–Crippen LogP) is 4.07. The molecule has 0 radical (unpaired) electrons. The Hall–Kier alpha value is -4.33. The van der Waals surface area contributed by atoms with Gasteiger partial charge in [-0.25, -0.2) is 4.98 Å². The number of aryl methyl sites for hydroxylation is 2. The molecule has 1 aliphatic heterocycles. The van der Waals surface area contributed by atoms with Crippen LogP contribution >= 0.6 is 0 Å². The Labute approximate surface area is 202 Å². The van der Waals surface area contributed by atoms with Crippen molar-refractivity contribution in [3.8, 4) is 11.5 Å². The number of nitrogens with zero attached hydrogens (tertiary/aromatic N) is 2. The summed E-state index contributed by atoms with van der Waals surface area (Å²) in [7, 11) is 0.